The van der Waals surface area contributed by atoms with Crippen molar-refractivity contribution in [2.45, 2.75) is 6.92 Å². The number of rotatable bonds is 3. The molecule has 5 nitrogen and oxygen atoms in total. The predicted octanol–water partition coefficient (Wildman–Crippen LogP) is 3.34. The summed E-state index contributed by atoms with van der Waals surface area (Å²) in [6.45, 7) is 2.66. The molecule has 1 N–H and O–H groups in total. The molecule has 0 unspecified atom stereocenters. The van der Waals surface area contributed by atoms with Crippen LogP contribution in [0.2, 0.25) is 0 Å². The van der Waals surface area contributed by atoms with Crippen molar-refractivity contribution >= 4 is 23.4 Å². The van der Waals surface area contributed by atoms with E-state index in [9.17, 15) is 14.0 Å². The molecule has 0 saturated carbocycles. The maximum Gasteiger partial charge on any atom is 0.414 e. The molecule has 118 valence electrons. The monoisotopic (exact) mass is 314 g/mol. The van der Waals surface area contributed by atoms with Gasteiger partial charge in [-0.2, -0.15) is 0 Å². The molecule has 1 saturated heterocycles. The molecule has 2 aromatic carbocycles. The largest absolute Gasteiger partial charge is 0.447 e. The van der Waals surface area contributed by atoms with Crippen LogP contribution < -0.4 is 10.2 Å². The number of benzene rings is 2. The number of aryl methyl sites for hydroxylation is 1. The van der Waals surface area contributed by atoms with E-state index >= 15 is 0 Å². The number of ether oxygens (including phenoxy) is 1. The van der Waals surface area contributed by atoms with Crippen LogP contribution in [0, 0.1) is 12.7 Å². The van der Waals surface area contributed by atoms with Crippen LogP contribution in [0.3, 0.4) is 0 Å². The predicted molar refractivity (Wildman–Crippen MR) is 84.2 cm³/mol. The Hall–Kier alpha value is -2.89. The van der Waals surface area contributed by atoms with Gasteiger partial charge in [-0.1, -0.05) is 6.07 Å². The lowest BCUT2D eigenvalue weighted by molar-refractivity contribution is 0.102. The Morgan fingerprint density at radius 2 is 1.96 bits per heavy atom. The first-order valence-electron chi connectivity index (χ1n) is 7.16. The quantitative estimate of drug-likeness (QED) is 0.945. The number of anilines is 2. The SMILES string of the molecule is Cc1ccc(F)c(NC(=O)c2ccc(N3CCOC3=O)cc2)c1. The molecule has 2 amide bonds. The molecule has 1 heterocycles. The molecule has 0 radical (unpaired) electrons. The summed E-state index contributed by atoms with van der Waals surface area (Å²) in [5.74, 6) is -0.898. The third-order valence-electron chi connectivity index (χ3n) is 3.57. The van der Waals surface area contributed by atoms with Gasteiger partial charge in [0.1, 0.15) is 12.4 Å². The fourth-order valence-electron chi connectivity index (χ4n) is 2.35. The third kappa shape index (κ3) is 3.15. The van der Waals surface area contributed by atoms with Gasteiger partial charge in [-0.3, -0.25) is 9.69 Å². The van der Waals surface area contributed by atoms with Gasteiger partial charge >= 0.3 is 6.09 Å². The minimum atomic E-state index is -0.486. The van der Waals surface area contributed by atoms with Crippen molar-refractivity contribution in [1.29, 1.82) is 0 Å². The highest BCUT2D eigenvalue weighted by atomic mass is 19.1. The second-order valence-corrected chi connectivity index (χ2v) is 5.25. The van der Waals surface area contributed by atoms with Gasteiger partial charge in [-0.15, -0.1) is 0 Å². The van der Waals surface area contributed by atoms with E-state index in [2.05, 4.69) is 5.32 Å². The van der Waals surface area contributed by atoms with Crippen LogP contribution in [0.5, 0.6) is 0 Å². The topological polar surface area (TPSA) is 58.6 Å². The van der Waals surface area contributed by atoms with Crippen LogP contribution in [-0.2, 0) is 4.74 Å². The summed E-state index contributed by atoms with van der Waals surface area (Å²) in [5, 5.41) is 2.55. The third-order valence-corrected chi connectivity index (χ3v) is 3.57. The summed E-state index contributed by atoms with van der Waals surface area (Å²) in [6, 6.07) is 11.0. The first kappa shape index (κ1) is 15.0. The number of hydrogen-bond donors (Lipinski definition) is 1. The summed E-state index contributed by atoms with van der Waals surface area (Å²) >= 11 is 0. The standard InChI is InChI=1S/C17H15FN2O3/c1-11-2-7-14(18)15(10-11)19-16(21)12-3-5-13(6-4-12)20-8-9-23-17(20)22/h2-7,10H,8-9H2,1H3,(H,19,21). The van der Waals surface area contributed by atoms with Gasteiger partial charge in [0.25, 0.3) is 5.91 Å². The number of nitrogens with zero attached hydrogens (tertiary/aromatic N) is 1. The molecule has 0 atom stereocenters. The molecule has 0 spiro atoms. The number of amides is 2. The van der Waals surface area contributed by atoms with E-state index in [1.807, 2.05) is 6.92 Å². The molecule has 6 heteroatoms. The lowest BCUT2D eigenvalue weighted by atomic mass is 10.1. The van der Waals surface area contributed by atoms with Gasteiger partial charge in [0.2, 0.25) is 0 Å². The van der Waals surface area contributed by atoms with Crippen LogP contribution in [0.4, 0.5) is 20.6 Å². The Kier molecular flexibility index (Phi) is 3.97. The zero-order valence-electron chi connectivity index (χ0n) is 12.5. The van der Waals surface area contributed by atoms with Crippen LogP contribution >= 0.6 is 0 Å². The van der Waals surface area contributed by atoms with Crippen LogP contribution in [0.15, 0.2) is 42.5 Å². The van der Waals surface area contributed by atoms with Crippen molar-refractivity contribution in [2.75, 3.05) is 23.4 Å². The number of carbonyl (C=O) groups excluding carboxylic acids is 2. The second-order valence-electron chi connectivity index (χ2n) is 5.25. The number of halogens is 1. The van der Waals surface area contributed by atoms with Crippen molar-refractivity contribution < 1.29 is 18.7 Å². The van der Waals surface area contributed by atoms with E-state index in [1.54, 1.807) is 36.4 Å². The van der Waals surface area contributed by atoms with Gasteiger partial charge < -0.3 is 10.1 Å². The lowest BCUT2D eigenvalue weighted by Gasteiger charge is -2.13. The summed E-state index contributed by atoms with van der Waals surface area (Å²) in [4.78, 5) is 25.2. The molecule has 0 bridgehead atoms. The molecule has 23 heavy (non-hydrogen) atoms. The highest BCUT2D eigenvalue weighted by molar-refractivity contribution is 6.04. The van der Waals surface area contributed by atoms with Crippen molar-refractivity contribution in [2.24, 2.45) is 0 Å². The Morgan fingerprint density at radius 3 is 2.61 bits per heavy atom. The van der Waals surface area contributed by atoms with E-state index in [0.29, 0.717) is 24.4 Å². The molecule has 0 aliphatic carbocycles. The summed E-state index contributed by atoms with van der Waals surface area (Å²) in [7, 11) is 0. The zero-order chi connectivity index (χ0) is 16.4. The van der Waals surface area contributed by atoms with Crippen molar-refractivity contribution in [1.82, 2.24) is 0 Å². The number of cyclic esters (lactones) is 1. The molecule has 1 aliphatic rings. The van der Waals surface area contributed by atoms with Crippen LogP contribution in [0.25, 0.3) is 0 Å². The van der Waals surface area contributed by atoms with Crippen LogP contribution in [0.1, 0.15) is 15.9 Å². The second kappa shape index (κ2) is 6.08. The summed E-state index contributed by atoms with van der Waals surface area (Å²) in [6.07, 6.45) is -0.399. The average molecular weight is 314 g/mol. The molecule has 1 aliphatic heterocycles. The molecule has 3 rings (SSSR count). The maximum atomic E-state index is 13.7. The number of carbonyl (C=O) groups is 2. The highest BCUT2D eigenvalue weighted by Crippen LogP contribution is 2.21. The van der Waals surface area contributed by atoms with Gasteiger partial charge in [-0.25, -0.2) is 9.18 Å². The minimum absolute atomic E-state index is 0.141. The van der Waals surface area contributed by atoms with E-state index < -0.39 is 17.8 Å². The van der Waals surface area contributed by atoms with Crippen molar-refractivity contribution in [3.63, 3.8) is 0 Å². The summed E-state index contributed by atoms with van der Waals surface area (Å²) in [5.41, 5.74) is 2.03. The first-order chi connectivity index (χ1) is 11.0. The Bertz CT molecular complexity index is 759. The van der Waals surface area contributed by atoms with Crippen molar-refractivity contribution in [3.8, 4) is 0 Å². The van der Waals surface area contributed by atoms with Crippen LogP contribution in [-0.4, -0.2) is 25.2 Å². The molecular weight excluding hydrogens is 299 g/mol. The van der Waals surface area contributed by atoms with Gasteiger partial charge in [0.15, 0.2) is 0 Å². The molecule has 0 aromatic heterocycles. The normalized spacial score (nSPS) is 13.8. The molecular formula is C17H15FN2O3. The molecule has 2 aromatic rings. The van der Waals surface area contributed by atoms with Crippen molar-refractivity contribution in [3.05, 3.63) is 59.4 Å². The van der Waals surface area contributed by atoms with E-state index in [0.717, 1.165) is 5.56 Å². The fourth-order valence-corrected chi connectivity index (χ4v) is 2.35. The van der Waals surface area contributed by atoms with E-state index in [-0.39, 0.29) is 5.69 Å². The van der Waals surface area contributed by atoms with E-state index in [1.165, 1.54) is 11.0 Å². The smallest absolute Gasteiger partial charge is 0.414 e. The Balaban J connectivity index is 1.75. The van der Waals surface area contributed by atoms with Gasteiger partial charge in [-0.05, 0) is 48.9 Å². The number of hydrogen-bond acceptors (Lipinski definition) is 3. The zero-order valence-corrected chi connectivity index (χ0v) is 12.5. The average Bonchev–Trinajstić information content (AvgIpc) is 2.97. The minimum Gasteiger partial charge on any atom is -0.447 e. The fraction of sp³-hybridized carbons (Fsp3) is 0.176. The number of nitrogens with one attached hydrogen (secondary N) is 1. The van der Waals surface area contributed by atoms with Gasteiger partial charge in [0, 0.05) is 11.3 Å². The van der Waals surface area contributed by atoms with Gasteiger partial charge in [0.05, 0.1) is 12.2 Å². The molecule has 1 fully saturated rings. The Labute approximate surface area is 132 Å². The van der Waals surface area contributed by atoms with E-state index in [4.69, 9.17) is 4.74 Å². The first-order valence-corrected chi connectivity index (χ1v) is 7.16. The lowest BCUT2D eigenvalue weighted by Crippen LogP contribution is -2.23. The Morgan fingerprint density at radius 1 is 1.22 bits per heavy atom. The summed E-state index contributed by atoms with van der Waals surface area (Å²) < 4.78 is 18.6. The highest BCUT2D eigenvalue weighted by Gasteiger charge is 2.23. The maximum absolute atomic E-state index is 13.7.